The molecular formula is C40H46FN5O9S. The number of aromatic nitrogens is 1. The summed E-state index contributed by atoms with van der Waals surface area (Å²) in [6, 6.07) is 10.5. The van der Waals surface area contributed by atoms with Crippen LogP contribution in [-0.2, 0) is 24.4 Å². The number of halogens is 1. The van der Waals surface area contributed by atoms with E-state index >= 15 is 0 Å². The van der Waals surface area contributed by atoms with Crippen LogP contribution in [0.15, 0.2) is 60.7 Å². The highest BCUT2D eigenvalue weighted by atomic mass is 32.2. The van der Waals surface area contributed by atoms with E-state index < -0.39 is 80.5 Å². The van der Waals surface area contributed by atoms with E-state index in [1.165, 1.54) is 24.1 Å². The third-order valence-corrected chi connectivity index (χ3v) is 13.1. The van der Waals surface area contributed by atoms with Gasteiger partial charge in [-0.25, -0.2) is 22.6 Å². The van der Waals surface area contributed by atoms with Crippen LogP contribution in [0.5, 0.6) is 11.6 Å². The second kappa shape index (κ2) is 15.4. The summed E-state index contributed by atoms with van der Waals surface area (Å²) in [4.78, 5) is 60.9. The first-order valence-corrected chi connectivity index (χ1v) is 20.5. The highest BCUT2D eigenvalue weighted by molar-refractivity contribution is 7.91. The van der Waals surface area contributed by atoms with Gasteiger partial charge < -0.3 is 30.1 Å². The molecule has 16 heteroatoms. The van der Waals surface area contributed by atoms with Gasteiger partial charge in [0.15, 0.2) is 0 Å². The van der Waals surface area contributed by atoms with Gasteiger partial charge in [-0.3, -0.25) is 19.1 Å². The first-order chi connectivity index (χ1) is 26.7. The summed E-state index contributed by atoms with van der Waals surface area (Å²) >= 11 is 0. The number of methoxy groups -OCH3 is 1. The van der Waals surface area contributed by atoms with Crippen LogP contribution in [-0.4, -0.2) is 89.9 Å². The van der Waals surface area contributed by atoms with E-state index in [-0.39, 0.29) is 31.2 Å². The number of carbonyl (C=O) groups is 4. The molecule has 4 aliphatic rings. The third-order valence-electron chi connectivity index (χ3n) is 11.3. The van der Waals surface area contributed by atoms with E-state index in [0.717, 1.165) is 6.42 Å². The molecule has 2 aliphatic heterocycles. The number of allylic oxidation sites excluding steroid dienone is 1. The van der Waals surface area contributed by atoms with Crippen LogP contribution in [0, 0.1) is 23.6 Å². The standard InChI is InChI=1S/C40H46FN5O9S/c1-22-6-4-5-7-26-20-40(26,38(49)45-56(52,53)30-13-14-30)44-35(47)33-19-29(21-46(33)37(48)34(23(2)16-22)43-39(50)51)55-36-31-15-12-28(54-3)17-25(31)18-32(42-36)24-8-10-27(41)11-9-24/h5,7-12,15,17-18,22-23,26,29-30,33-34,43H,4,6,13-14,16,19-21H2,1-3H3,(H,44,47)(H,45,49)(H,50,51)/t22-,23-,26-,29-,33+,34+,40-/m1/s1. The number of fused-ring (bicyclic) bond motifs is 3. The normalized spacial score (nSPS) is 28.2. The summed E-state index contributed by atoms with van der Waals surface area (Å²) in [5.41, 5.74) is -0.486. The van der Waals surface area contributed by atoms with Crippen LogP contribution in [0.3, 0.4) is 0 Å². The van der Waals surface area contributed by atoms with Gasteiger partial charge in [0.05, 0.1) is 24.6 Å². The van der Waals surface area contributed by atoms with Gasteiger partial charge in [0.1, 0.15) is 35.3 Å². The number of hydrogen-bond donors (Lipinski definition) is 4. The summed E-state index contributed by atoms with van der Waals surface area (Å²) in [7, 11) is -2.40. The predicted octanol–water partition coefficient (Wildman–Crippen LogP) is 4.53. The number of amides is 4. The van der Waals surface area contributed by atoms with Crippen molar-refractivity contribution in [3.8, 4) is 22.9 Å². The average Bonchev–Trinajstić information content (AvgIpc) is 4.08. The van der Waals surface area contributed by atoms with Crippen molar-refractivity contribution in [1.29, 1.82) is 0 Å². The molecule has 7 rings (SSSR count). The minimum absolute atomic E-state index is 0.0547. The van der Waals surface area contributed by atoms with E-state index in [4.69, 9.17) is 14.5 Å². The number of hydrogen-bond acceptors (Lipinski definition) is 9. The average molecular weight is 792 g/mol. The number of benzene rings is 2. The van der Waals surface area contributed by atoms with E-state index in [1.54, 1.807) is 37.3 Å². The summed E-state index contributed by atoms with van der Waals surface area (Å²) in [6.45, 7) is 3.68. The highest BCUT2D eigenvalue weighted by Crippen LogP contribution is 2.46. The molecule has 3 heterocycles. The number of pyridine rings is 1. The smallest absolute Gasteiger partial charge is 0.405 e. The van der Waals surface area contributed by atoms with Crippen LogP contribution in [0.4, 0.5) is 9.18 Å². The first-order valence-electron chi connectivity index (χ1n) is 18.9. The van der Waals surface area contributed by atoms with Crippen molar-refractivity contribution in [2.24, 2.45) is 17.8 Å². The van der Waals surface area contributed by atoms with Gasteiger partial charge in [0.2, 0.25) is 27.7 Å². The van der Waals surface area contributed by atoms with Gasteiger partial charge in [0.25, 0.3) is 5.91 Å². The molecule has 1 saturated heterocycles. The van der Waals surface area contributed by atoms with Gasteiger partial charge in [0, 0.05) is 23.3 Å². The van der Waals surface area contributed by atoms with Gasteiger partial charge in [-0.2, -0.15) is 0 Å². The lowest BCUT2D eigenvalue weighted by Crippen LogP contribution is -2.59. The predicted molar refractivity (Wildman–Crippen MR) is 204 cm³/mol. The zero-order valence-electron chi connectivity index (χ0n) is 31.4. The second-order valence-corrected chi connectivity index (χ2v) is 17.5. The Morgan fingerprint density at radius 3 is 2.50 bits per heavy atom. The summed E-state index contributed by atoms with van der Waals surface area (Å²) in [5.74, 6) is -2.66. The van der Waals surface area contributed by atoms with E-state index in [0.29, 0.717) is 53.5 Å². The van der Waals surface area contributed by atoms with Crippen LogP contribution in [0.2, 0.25) is 0 Å². The zero-order chi connectivity index (χ0) is 39.9. The first kappa shape index (κ1) is 39.0. The Morgan fingerprint density at radius 2 is 1.80 bits per heavy atom. The van der Waals surface area contributed by atoms with Crippen molar-refractivity contribution in [2.75, 3.05) is 13.7 Å². The Labute approximate surface area is 324 Å². The van der Waals surface area contributed by atoms with Crippen molar-refractivity contribution in [2.45, 2.75) is 87.8 Å². The van der Waals surface area contributed by atoms with Gasteiger partial charge in [-0.15, -0.1) is 0 Å². The molecule has 4 N–H and O–H groups in total. The maximum atomic E-state index is 14.5. The van der Waals surface area contributed by atoms with E-state index in [9.17, 15) is 37.1 Å². The molecule has 298 valence electrons. The lowest BCUT2D eigenvalue weighted by atomic mass is 9.88. The Balaban J connectivity index is 1.25. The van der Waals surface area contributed by atoms with Crippen LogP contribution in [0.1, 0.15) is 58.8 Å². The number of nitrogens with zero attached hydrogens (tertiary/aromatic N) is 2. The van der Waals surface area contributed by atoms with Crippen LogP contribution < -0.4 is 24.8 Å². The monoisotopic (exact) mass is 791 g/mol. The minimum Gasteiger partial charge on any atom is -0.497 e. The van der Waals surface area contributed by atoms with Crippen molar-refractivity contribution in [3.63, 3.8) is 0 Å². The lowest BCUT2D eigenvalue weighted by molar-refractivity contribution is -0.142. The molecule has 0 spiro atoms. The molecule has 2 saturated carbocycles. The molecule has 2 aliphatic carbocycles. The SMILES string of the molecule is COc1ccc2c(O[C@@H]3C[C@H]4C(=O)N[C@]5(C(=O)NS(=O)(=O)C6CC6)C[C@H]5C=CCC[C@@H](C)C[C@@H](C)[C@H](NC(=O)O)C(=O)N4C3)nc(-c3ccc(F)cc3)cc2c1. The molecule has 3 aromatic rings. The van der Waals surface area contributed by atoms with Gasteiger partial charge in [-0.05, 0) is 104 Å². The van der Waals surface area contributed by atoms with Crippen molar-refractivity contribution in [1.82, 2.24) is 25.2 Å². The quantitative estimate of drug-likeness (QED) is 0.236. The Hall–Kier alpha value is -5.25. The topological polar surface area (TPSA) is 193 Å². The summed E-state index contributed by atoms with van der Waals surface area (Å²) in [5, 5.41) is 15.7. The Morgan fingerprint density at radius 1 is 1.05 bits per heavy atom. The maximum absolute atomic E-state index is 14.5. The molecule has 0 bridgehead atoms. The van der Waals surface area contributed by atoms with Crippen molar-refractivity contribution < 1.29 is 46.6 Å². The molecule has 4 amide bonds. The number of rotatable bonds is 8. The molecule has 3 fully saturated rings. The van der Waals surface area contributed by atoms with E-state index in [2.05, 4.69) is 15.4 Å². The van der Waals surface area contributed by atoms with Crippen molar-refractivity contribution >= 4 is 44.6 Å². The minimum atomic E-state index is -3.94. The Bertz CT molecular complexity index is 2180. The van der Waals surface area contributed by atoms with Gasteiger partial charge in [-0.1, -0.05) is 26.0 Å². The number of carbonyl (C=O) groups excluding carboxylic acids is 3. The molecule has 0 unspecified atom stereocenters. The number of nitrogens with one attached hydrogen (secondary N) is 3. The highest BCUT2D eigenvalue weighted by Gasteiger charge is 2.62. The molecule has 7 atom stereocenters. The molecule has 2 aromatic carbocycles. The zero-order valence-corrected chi connectivity index (χ0v) is 32.2. The molecule has 14 nitrogen and oxygen atoms in total. The molecular weight excluding hydrogens is 746 g/mol. The number of ether oxygens (including phenoxy) is 2. The molecule has 56 heavy (non-hydrogen) atoms. The van der Waals surface area contributed by atoms with Crippen LogP contribution >= 0.6 is 0 Å². The van der Waals surface area contributed by atoms with Crippen molar-refractivity contribution in [3.05, 3.63) is 66.5 Å². The molecule has 0 radical (unpaired) electrons. The number of sulfonamides is 1. The third kappa shape index (κ3) is 8.15. The van der Waals surface area contributed by atoms with E-state index in [1.807, 2.05) is 25.1 Å². The summed E-state index contributed by atoms with van der Waals surface area (Å²) in [6.07, 6.45) is 4.38. The van der Waals surface area contributed by atoms with Crippen LogP contribution in [0.25, 0.3) is 22.0 Å². The largest absolute Gasteiger partial charge is 0.497 e. The lowest BCUT2D eigenvalue weighted by Gasteiger charge is -2.32. The fourth-order valence-corrected chi connectivity index (χ4v) is 9.34. The second-order valence-electron chi connectivity index (χ2n) is 15.6. The van der Waals surface area contributed by atoms with Gasteiger partial charge >= 0.3 is 6.09 Å². The molecule has 1 aromatic heterocycles. The summed E-state index contributed by atoms with van der Waals surface area (Å²) < 4.78 is 53.8. The number of carboxylic acid groups (broad SMARTS) is 1. The fourth-order valence-electron chi connectivity index (χ4n) is 7.98. The Kier molecular flexibility index (Phi) is 10.7. The maximum Gasteiger partial charge on any atom is 0.405 e. The fraction of sp³-hybridized carbons (Fsp3) is 0.475.